The summed E-state index contributed by atoms with van der Waals surface area (Å²) in [4.78, 5) is 10.4. The number of nitrogens with zero attached hydrogens (tertiary/aromatic N) is 1. The van der Waals surface area contributed by atoms with Gasteiger partial charge in [-0.1, -0.05) is 11.6 Å². The molecule has 0 unspecified atom stereocenters. The number of hydrogen-bond acceptors (Lipinski definition) is 3. The summed E-state index contributed by atoms with van der Waals surface area (Å²) in [6.45, 7) is 0. The number of hydrazine groups is 1. The van der Waals surface area contributed by atoms with Gasteiger partial charge in [-0.3, -0.25) is 5.43 Å². The Hall–Kier alpha value is -0.580. The molecule has 12 heavy (non-hydrogen) atoms. The van der Waals surface area contributed by atoms with Gasteiger partial charge >= 0.3 is 5.97 Å². The predicted octanol–water partition coefficient (Wildman–Crippen LogP) is 1.43. The van der Waals surface area contributed by atoms with Gasteiger partial charge in [-0.2, -0.15) is 0 Å². The molecule has 0 bridgehead atoms. The van der Waals surface area contributed by atoms with E-state index in [0.29, 0.717) is 0 Å². The quantitative estimate of drug-likeness (QED) is 0.529. The average Bonchev–Trinajstić information content (AvgIpc) is 1.85. The van der Waals surface area contributed by atoms with Gasteiger partial charge < -0.3 is 5.11 Å². The zero-order valence-corrected chi connectivity index (χ0v) is 7.95. The molecular formula is C5H5Cl3N2O2. The lowest BCUT2D eigenvalue weighted by Crippen LogP contribution is -2.26. The summed E-state index contributed by atoms with van der Waals surface area (Å²) in [7, 11) is 0. The highest BCUT2D eigenvalue weighted by Gasteiger charge is 2.12. The van der Waals surface area contributed by atoms with Crippen LogP contribution in [0, 0.1) is 0 Å². The van der Waals surface area contributed by atoms with Crippen LogP contribution in [0.15, 0.2) is 23.0 Å². The molecule has 1 rings (SSSR count). The lowest BCUT2D eigenvalue weighted by molar-refractivity contribution is -0.132. The van der Waals surface area contributed by atoms with Crippen LogP contribution in [0.3, 0.4) is 0 Å². The van der Waals surface area contributed by atoms with Crippen molar-refractivity contribution in [1.29, 1.82) is 0 Å². The molecule has 1 aliphatic rings. The second-order valence-electron chi connectivity index (χ2n) is 1.80. The van der Waals surface area contributed by atoms with Crippen molar-refractivity contribution in [2.24, 2.45) is 0 Å². The normalized spacial score (nSPS) is 15.3. The maximum Gasteiger partial charge on any atom is 0.337 e. The van der Waals surface area contributed by atoms with Crippen molar-refractivity contribution in [3.63, 3.8) is 0 Å². The van der Waals surface area contributed by atoms with Gasteiger partial charge in [0, 0.05) is 11.8 Å². The van der Waals surface area contributed by atoms with E-state index in [-0.39, 0.29) is 23.1 Å². The van der Waals surface area contributed by atoms with Crippen LogP contribution in [0.2, 0.25) is 0 Å². The van der Waals surface area contributed by atoms with E-state index < -0.39 is 5.97 Å². The lowest BCUT2D eigenvalue weighted by Gasteiger charge is -2.17. The Morgan fingerprint density at radius 1 is 1.67 bits per heavy atom. The molecule has 0 spiro atoms. The third kappa shape index (κ3) is 2.81. The molecule has 7 heteroatoms. The Labute approximate surface area is 84.9 Å². The summed E-state index contributed by atoms with van der Waals surface area (Å²) in [5.41, 5.74) is 2.48. The third-order valence-electron chi connectivity index (χ3n) is 0.995. The molecule has 2 N–H and O–H groups in total. The highest BCUT2D eigenvalue weighted by molar-refractivity contribution is 6.30. The zero-order chi connectivity index (χ0) is 8.43. The first-order chi connectivity index (χ1) is 5.09. The van der Waals surface area contributed by atoms with Crippen molar-refractivity contribution in [2.75, 3.05) is 0 Å². The third-order valence-corrected chi connectivity index (χ3v) is 1.37. The predicted molar refractivity (Wildman–Crippen MR) is 47.7 cm³/mol. The second kappa shape index (κ2) is 4.45. The number of rotatable bonds is 1. The van der Waals surface area contributed by atoms with Gasteiger partial charge in [-0.25, -0.2) is 9.32 Å². The van der Waals surface area contributed by atoms with E-state index >= 15 is 0 Å². The van der Waals surface area contributed by atoms with Crippen LogP contribution in [0.4, 0.5) is 0 Å². The topological polar surface area (TPSA) is 52.6 Å². The van der Waals surface area contributed by atoms with E-state index in [4.69, 9.17) is 28.5 Å². The van der Waals surface area contributed by atoms with E-state index in [1.807, 2.05) is 0 Å². The van der Waals surface area contributed by atoms with Crippen LogP contribution in [-0.4, -0.2) is 15.6 Å². The summed E-state index contributed by atoms with van der Waals surface area (Å²) in [5.74, 6) is -1.07. The second-order valence-corrected chi connectivity index (χ2v) is 2.58. The minimum Gasteiger partial charge on any atom is -0.478 e. The highest BCUT2D eigenvalue weighted by atomic mass is 35.5. The fraction of sp³-hybridized carbons (Fsp3) is 0. The molecule has 0 amide bonds. The molecule has 0 saturated carbocycles. The van der Waals surface area contributed by atoms with Crippen molar-refractivity contribution >= 4 is 41.8 Å². The molecule has 4 nitrogen and oxygen atoms in total. The largest absolute Gasteiger partial charge is 0.478 e. The van der Waals surface area contributed by atoms with Gasteiger partial charge in [0.25, 0.3) is 0 Å². The first-order valence-corrected chi connectivity index (χ1v) is 3.35. The highest BCUT2D eigenvalue weighted by Crippen LogP contribution is 2.13. The van der Waals surface area contributed by atoms with E-state index in [2.05, 4.69) is 5.43 Å². The first-order valence-electron chi connectivity index (χ1n) is 2.63. The lowest BCUT2D eigenvalue weighted by atomic mass is 10.3. The summed E-state index contributed by atoms with van der Waals surface area (Å²) in [5, 5.41) is 8.66. The molecule has 0 aromatic carbocycles. The summed E-state index contributed by atoms with van der Waals surface area (Å²) in [6, 6.07) is 0. The number of carboxylic acid groups (broad SMARTS) is 1. The molecule has 0 aromatic rings. The van der Waals surface area contributed by atoms with Crippen molar-refractivity contribution in [1.82, 2.24) is 9.95 Å². The maximum atomic E-state index is 10.4. The van der Waals surface area contributed by atoms with Gasteiger partial charge in [-0.05, 0) is 6.08 Å². The van der Waals surface area contributed by atoms with Crippen LogP contribution in [-0.2, 0) is 4.79 Å². The summed E-state index contributed by atoms with van der Waals surface area (Å²) in [6.07, 6.45) is 2.47. The number of carbonyl (C=O) groups is 1. The van der Waals surface area contributed by atoms with Crippen LogP contribution in [0.5, 0.6) is 0 Å². The number of aliphatic carboxylic acids is 1. The van der Waals surface area contributed by atoms with Gasteiger partial charge in [0.05, 0.1) is 11.8 Å². The number of nitrogens with one attached hydrogen (secondary N) is 1. The maximum absolute atomic E-state index is 10.4. The van der Waals surface area contributed by atoms with Crippen LogP contribution in [0.25, 0.3) is 0 Å². The van der Waals surface area contributed by atoms with E-state index in [1.165, 1.54) is 12.3 Å². The molecule has 0 aromatic heterocycles. The summed E-state index contributed by atoms with van der Waals surface area (Å²) < 4.78 is 0.950. The SMILES string of the molecule is Cl.O=C(O)C1=CN(Cl)NC(Cl)=C1. The molecule has 0 radical (unpaired) electrons. The van der Waals surface area contributed by atoms with Crippen molar-refractivity contribution in [3.8, 4) is 0 Å². The fourth-order valence-electron chi connectivity index (χ4n) is 0.579. The van der Waals surface area contributed by atoms with Crippen molar-refractivity contribution < 1.29 is 9.90 Å². The molecule has 0 saturated heterocycles. The Balaban J connectivity index is 0.00000121. The van der Waals surface area contributed by atoms with E-state index in [9.17, 15) is 4.79 Å². The Morgan fingerprint density at radius 3 is 2.67 bits per heavy atom. The van der Waals surface area contributed by atoms with Crippen LogP contribution < -0.4 is 5.43 Å². The molecule has 68 valence electrons. The molecule has 0 atom stereocenters. The summed E-state index contributed by atoms with van der Waals surface area (Å²) >= 11 is 10.9. The minimum atomic E-state index is -1.07. The standard InChI is InChI=1S/C5H4Cl2N2O2.ClH/c6-4-1-3(5(10)11)2-9(7)8-4;/h1-2,8H,(H,10,11);1H. The Morgan fingerprint density at radius 2 is 2.25 bits per heavy atom. The number of hydrogen-bond donors (Lipinski definition) is 2. The van der Waals surface area contributed by atoms with Gasteiger partial charge in [0.1, 0.15) is 5.16 Å². The van der Waals surface area contributed by atoms with Gasteiger partial charge in [-0.15, -0.1) is 12.4 Å². The number of carboxylic acids is 1. The van der Waals surface area contributed by atoms with Crippen molar-refractivity contribution in [2.45, 2.75) is 0 Å². The number of halogens is 3. The van der Waals surface area contributed by atoms with Crippen molar-refractivity contribution in [3.05, 3.63) is 23.0 Å². The minimum absolute atomic E-state index is 0. The van der Waals surface area contributed by atoms with E-state index in [1.54, 1.807) is 0 Å². The molecule has 0 aliphatic carbocycles. The van der Waals surface area contributed by atoms with Crippen LogP contribution in [0.1, 0.15) is 0 Å². The fourth-order valence-corrected chi connectivity index (χ4v) is 1.03. The smallest absolute Gasteiger partial charge is 0.337 e. The Bertz CT molecular complexity index is 251. The zero-order valence-electron chi connectivity index (χ0n) is 5.62. The van der Waals surface area contributed by atoms with Crippen LogP contribution >= 0.6 is 35.8 Å². The monoisotopic (exact) mass is 230 g/mol. The first kappa shape index (κ1) is 11.4. The van der Waals surface area contributed by atoms with Gasteiger partial charge in [0.15, 0.2) is 0 Å². The Kier molecular flexibility index (Phi) is 4.23. The molecule has 1 aliphatic heterocycles. The molecule has 0 fully saturated rings. The van der Waals surface area contributed by atoms with E-state index in [0.717, 1.165) is 4.53 Å². The van der Waals surface area contributed by atoms with Gasteiger partial charge in [0.2, 0.25) is 0 Å². The molecular weight excluding hydrogens is 226 g/mol. The molecule has 1 heterocycles. The average molecular weight is 231 g/mol.